The van der Waals surface area contributed by atoms with Gasteiger partial charge in [0.05, 0.1) is 0 Å². The van der Waals surface area contributed by atoms with Gasteiger partial charge in [-0.2, -0.15) is 0 Å². The first-order chi connectivity index (χ1) is 9.69. The van der Waals surface area contributed by atoms with Gasteiger partial charge in [-0.25, -0.2) is 0 Å². The van der Waals surface area contributed by atoms with E-state index in [1.54, 1.807) is 6.20 Å². The Hall–Kier alpha value is -1.82. The monoisotopic (exact) mass is 275 g/mol. The first-order valence-electron chi connectivity index (χ1n) is 7.10. The van der Waals surface area contributed by atoms with Crippen molar-refractivity contribution < 1.29 is 5.21 Å². The Morgan fingerprint density at radius 3 is 3.00 bits per heavy atom. The van der Waals surface area contributed by atoms with Crippen LogP contribution in [-0.2, 0) is 0 Å². The summed E-state index contributed by atoms with van der Waals surface area (Å²) < 4.78 is 0. The third kappa shape index (κ3) is 2.31. The van der Waals surface area contributed by atoms with E-state index in [1.165, 1.54) is 19.3 Å². The standard InChI is InChI=1S/C14H21N5O/c1-18-10-2-3-12(18)9-19(7-5-10)11-4-6-16-13(8-11)14(15)17-20/h4,6,8,10,12,20H,2-3,5,7,9H2,1H3,(H2,15,17). The molecule has 2 fully saturated rings. The maximum absolute atomic E-state index is 8.76. The summed E-state index contributed by atoms with van der Waals surface area (Å²) in [6.07, 6.45) is 5.50. The maximum Gasteiger partial charge on any atom is 0.188 e. The number of hydrogen-bond acceptors (Lipinski definition) is 5. The Bertz CT molecular complexity index is 518. The Kier molecular flexibility index (Phi) is 3.48. The highest BCUT2D eigenvalue weighted by molar-refractivity contribution is 5.95. The lowest BCUT2D eigenvalue weighted by Gasteiger charge is -2.27. The maximum atomic E-state index is 8.76. The molecule has 0 radical (unpaired) electrons. The lowest BCUT2D eigenvalue weighted by atomic mass is 10.1. The van der Waals surface area contributed by atoms with Crippen molar-refractivity contribution >= 4 is 11.5 Å². The first-order valence-corrected chi connectivity index (χ1v) is 7.10. The molecular formula is C14H21N5O. The molecule has 3 heterocycles. The van der Waals surface area contributed by atoms with Gasteiger partial charge in [0, 0.05) is 37.1 Å². The van der Waals surface area contributed by atoms with E-state index in [0.29, 0.717) is 11.7 Å². The molecule has 6 heteroatoms. The van der Waals surface area contributed by atoms with Crippen LogP contribution in [0.2, 0.25) is 0 Å². The molecule has 1 aromatic heterocycles. The van der Waals surface area contributed by atoms with Crippen LogP contribution >= 0.6 is 0 Å². The highest BCUT2D eigenvalue weighted by Gasteiger charge is 2.34. The molecule has 0 aromatic carbocycles. The SMILES string of the molecule is CN1C2CCC1CN(c1ccnc(C(N)=NO)c1)CC2. The molecule has 2 bridgehead atoms. The van der Waals surface area contributed by atoms with Gasteiger partial charge in [0.2, 0.25) is 0 Å². The van der Waals surface area contributed by atoms with E-state index < -0.39 is 0 Å². The summed E-state index contributed by atoms with van der Waals surface area (Å²) in [4.78, 5) is 9.04. The number of anilines is 1. The van der Waals surface area contributed by atoms with Gasteiger partial charge in [-0.05, 0) is 38.4 Å². The fourth-order valence-corrected chi connectivity index (χ4v) is 3.35. The third-order valence-corrected chi connectivity index (χ3v) is 4.63. The number of likely N-dealkylation sites (N-methyl/N-ethyl adjacent to an activating group) is 1. The fraction of sp³-hybridized carbons (Fsp3) is 0.571. The van der Waals surface area contributed by atoms with Crippen molar-refractivity contribution in [3.8, 4) is 0 Å². The smallest absolute Gasteiger partial charge is 0.188 e. The number of fused-ring (bicyclic) bond motifs is 2. The average Bonchev–Trinajstić information content (AvgIpc) is 2.71. The van der Waals surface area contributed by atoms with Crippen molar-refractivity contribution in [3.63, 3.8) is 0 Å². The summed E-state index contributed by atoms with van der Waals surface area (Å²) in [5.41, 5.74) is 7.24. The highest BCUT2D eigenvalue weighted by atomic mass is 16.4. The zero-order valence-electron chi connectivity index (χ0n) is 11.7. The van der Waals surface area contributed by atoms with Crippen LogP contribution in [0.5, 0.6) is 0 Å². The van der Waals surface area contributed by atoms with Crippen LogP contribution in [0.4, 0.5) is 5.69 Å². The lowest BCUT2D eigenvalue weighted by Crippen LogP contribution is -2.36. The second-order valence-corrected chi connectivity index (χ2v) is 5.67. The molecule has 108 valence electrons. The number of nitrogens with two attached hydrogens (primary N) is 1. The van der Waals surface area contributed by atoms with Crippen molar-refractivity contribution in [2.75, 3.05) is 25.0 Å². The molecule has 0 aliphatic carbocycles. The minimum absolute atomic E-state index is 0.0558. The average molecular weight is 275 g/mol. The third-order valence-electron chi connectivity index (χ3n) is 4.63. The molecule has 0 saturated carbocycles. The Labute approximate surface area is 118 Å². The number of aromatic nitrogens is 1. The van der Waals surface area contributed by atoms with Crippen LogP contribution < -0.4 is 10.6 Å². The van der Waals surface area contributed by atoms with Crippen molar-refractivity contribution in [1.82, 2.24) is 9.88 Å². The zero-order valence-corrected chi connectivity index (χ0v) is 11.7. The van der Waals surface area contributed by atoms with Crippen molar-refractivity contribution in [3.05, 3.63) is 24.0 Å². The molecule has 2 saturated heterocycles. The molecule has 0 spiro atoms. The normalized spacial score (nSPS) is 27.6. The van der Waals surface area contributed by atoms with Gasteiger partial charge in [-0.3, -0.25) is 9.88 Å². The second kappa shape index (κ2) is 5.28. The Morgan fingerprint density at radius 2 is 2.20 bits per heavy atom. The summed E-state index contributed by atoms with van der Waals surface area (Å²) in [6.45, 7) is 2.08. The first kappa shape index (κ1) is 13.2. The van der Waals surface area contributed by atoms with Crippen molar-refractivity contribution in [2.24, 2.45) is 10.9 Å². The van der Waals surface area contributed by atoms with E-state index >= 15 is 0 Å². The fourth-order valence-electron chi connectivity index (χ4n) is 3.35. The molecule has 2 aliphatic heterocycles. The minimum Gasteiger partial charge on any atom is -0.409 e. The predicted molar refractivity (Wildman–Crippen MR) is 78.2 cm³/mol. The van der Waals surface area contributed by atoms with E-state index in [-0.39, 0.29) is 5.84 Å². The van der Waals surface area contributed by atoms with Gasteiger partial charge in [-0.1, -0.05) is 5.16 Å². The number of pyridine rings is 1. The molecule has 1 aromatic rings. The van der Waals surface area contributed by atoms with Crippen LogP contribution in [0.3, 0.4) is 0 Å². The molecule has 6 nitrogen and oxygen atoms in total. The topological polar surface area (TPSA) is 78.0 Å². The van der Waals surface area contributed by atoms with E-state index in [4.69, 9.17) is 10.9 Å². The van der Waals surface area contributed by atoms with E-state index in [9.17, 15) is 0 Å². The quantitative estimate of drug-likeness (QED) is 0.362. The minimum atomic E-state index is 0.0558. The summed E-state index contributed by atoms with van der Waals surface area (Å²) >= 11 is 0. The van der Waals surface area contributed by atoms with Crippen molar-refractivity contribution in [2.45, 2.75) is 31.3 Å². The predicted octanol–water partition coefficient (Wildman–Crippen LogP) is 0.849. The van der Waals surface area contributed by atoms with Crippen LogP contribution in [0, 0.1) is 0 Å². The van der Waals surface area contributed by atoms with Gasteiger partial charge in [0.1, 0.15) is 5.69 Å². The van der Waals surface area contributed by atoms with Crippen LogP contribution in [0.15, 0.2) is 23.5 Å². The molecule has 2 unspecified atom stereocenters. The van der Waals surface area contributed by atoms with Gasteiger partial charge >= 0.3 is 0 Å². The lowest BCUT2D eigenvalue weighted by molar-refractivity contribution is 0.254. The summed E-state index contributed by atoms with van der Waals surface area (Å²) in [5, 5.41) is 11.8. The summed E-state index contributed by atoms with van der Waals surface area (Å²) in [6, 6.07) is 5.24. The molecule has 3 N–H and O–H groups in total. The summed E-state index contributed by atoms with van der Waals surface area (Å²) in [5.74, 6) is 0.0558. The number of hydrogen-bond donors (Lipinski definition) is 2. The zero-order chi connectivity index (χ0) is 14.1. The number of oxime groups is 1. The van der Waals surface area contributed by atoms with Gasteiger partial charge in [0.25, 0.3) is 0 Å². The van der Waals surface area contributed by atoms with Crippen LogP contribution in [0.1, 0.15) is 25.0 Å². The van der Waals surface area contributed by atoms with Crippen LogP contribution in [-0.4, -0.2) is 53.1 Å². The molecule has 0 amide bonds. The van der Waals surface area contributed by atoms with Gasteiger partial charge in [0.15, 0.2) is 5.84 Å². The number of nitrogens with zero attached hydrogens (tertiary/aromatic N) is 4. The second-order valence-electron chi connectivity index (χ2n) is 5.67. The van der Waals surface area contributed by atoms with Gasteiger partial charge in [-0.15, -0.1) is 0 Å². The summed E-state index contributed by atoms with van der Waals surface area (Å²) in [7, 11) is 2.24. The van der Waals surface area contributed by atoms with Crippen LogP contribution in [0.25, 0.3) is 0 Å². The van der Waals surface area contributed by atoms with E-state index in [1.807, 2.05) is 12.1 Å². The molecule has 2 aliphatic rings. The van der Waals surface area contributed by atoms with E-state index in [0.717, 1.165) is 24.8 Å². The molecule has 3 rings (SSSR count). The molecular weight excluding hydrogens is 254 g/mol. The largest absolute Gasteiger partial charge is 0.409 e. The van der Waals surface area contributed by atoms with Crippen molar-refractivity contribution in [1.29, 1.82) is 0 Å². The molecule has 2 atom stereocenters. The Morgan fingerprint density at radius 1 is 1.40 bits per heavy atom. The number of amidine groups is 1. The Balaban J connectivity index is 1.83. The number of rotatable bonds is 2. The van der Waals surface area contributed by atoms with E-state index in [2.05, 4.69) is 27.0 Å². The van der Waals surface area contributed by atoms with Gasteiger partial charge < -0.3 is 15.8 Å². The molecule has 20 heavy (non-hydrogen) atoms. The highest BCUT2D eigenvalue weighted by Crippen LogP contribution is 2.30.